The fourth-order valence-electron chi connectivity index (χ4n) is 2.02. The number of fused-ring (bicyclic) bond motifs is 1. The van der Waals surface area contributed by atoms with Gasteiger partial charge < -0.3 is 24.3 Å². The van der Waals surface area contributed by atoms with Gasteiger partial charge in [0, 0.05) is 29.7 Å². The second kappa shape index (κ2) is 7.18. The summed E-state index contributed by atoms with van der Waals surface area (Å²) in [5.74, 6) is -0.0198. The van der Waals surface area contributed by atoms with Gasteiger partial charge in [-0.15, -0.1) is 0 Å². The predicted molar refractivity (Wildman–Crippen MR) is 85.1 cm³/mol. The van der Waals surface area contributed by atoms with E-state index < -0.39 is 16.5 Å². The summed E-state index contributed by atoms with van der Waals surface area (Å²) >= 11 is 0. The average Bonchev–Trinajstić information content (AvgIpc) is 2.90. The van der Waals surface area contributed by atoms with E-state index in [4.69, 9.17) is 9.29 Å². The molecule has 2 aromatic rings. The molecule has 8 nitrogen and oxygen atoms in total. The van der Waals surface area contributed by atoms with E-state index in [-0.39, 0.29) is 24.1 Å². The van der Waals surface area contributed by atoms with Crippen molar-refractivity contribution in [1.82, 2.24) is 10.3 Å². The normalized spacial score (nSPS) is 13.4. The van der Waals surface area contributed by atoms with Crippen LogP contribution in [0.4, 0.5) is 0 Å². The number of hydrogen-bond donors (Lipinski definition) is 4. The van der Waals surface area contributed by atoms with Crippen LogP contribution in [0.3, 0.4) is 0 Å². The Labute approximate surface area is 134 Å². The molecule has 0 amide bonds. The van der Waals surface area contributed by atoms with Gasteiger partial charge in [0.05, 0.1) is 0 Å². The van der Waals surface area contributed by atoms with Gasteiger partial charge in [-0.1, -0.05) is 13.8 Å². The molecule has 1 atom stereocenters. The van der Waals surface area contributed by atoms with E-state index in [1.54, 1.807) is 18.3 Å². The zero-order valence-electron chi connectivity index (χ0n) is 12.8. The summed E-state index contributed by atoms with van der Waals surface area (Å²) in [6.07, 6.45) is 0.871. The van der Waals surface area contributed by atoms with E-state index in [9.17, 15) is 13.5 Å². The van der Waals surface area contributed by atoms with Gasteiger partial charge in [-0.05, 0) is 18.2 Å². The maximum atomic E-state index is 11.0. The average molecular weight is 344 g/mol. The third-order valence-corrected chi connectivity index (χ3v) is 3.42. The van der Waals surface area contributed by atoms with Gasteiger partial charge in [-0.3, -0.25) is 4.55 Å². The van der Waals surface area contributed by atoms with Crippen molar-refractivity contribution in [1.29, 1.82) is 0 Å². The van der Waals surface area contributed by atoms with E-state index in [0.717, 1.165) is 0 Å². The molecule has 0 aliphatic rings. The van der Waals surface area contributed by atoms with E-state index >= 15 is 0 Å². The highest BCUT2D eigenvalue weighted by molar-refractivity contribution is 7.81. The Morgan fingerprint density at radius 2 is 2.04 bits per heavy atom. The van der Waals surface area contributed by atoms with Crippen LogP contribution in [-0.2, 0) is 10.4 Å². The molecule has 1 unspecified atom stereocenters. The van der Waals surface area contributed by atoms with Crippen LogP contribution in [0, 0.1) is 0 Å². The van der Waals surface area contributed by atoms with Crippen LogP contribution in [0.25, 0.3) is 10.9 Å². The minimum atomic E-state index is -4.68. The number of aromatic amines is 1. The summed E-state index contributed by atoms with van der Waals surface area (Å²) in [7, 11) is -4.68. The Balaban J connectivity index is 2.19. The number of aliphatic hydroxyl groups is 1. The SMILES string of the molecule is CC(C)NCC(O)COc1c(OS(=O)(=O)O)ccc2[nH]ccc12. The van der Waals surface area contributed by atoms with Crippen LogP contribution in [0.15, 0.2) is 24.4 Å². The Bertz CT molecular complexity index is 756. The van der Waals surface area contributed by atoms with Crippen LogP contribution < -0.4 is 14.2 Å². The molecule has 2 rings (SSSR count). The summed E-state index contributed by atoms with van der Waals surface area (Å²) in [5.41, 5.74) is 0.706. The van der Waals surface area contributed by atoms with Crippen molar-refractivity contribution in [3.63, 3.8) is 0 Å². The number of aliphatic hydroxyl groups excluding tert-OH is 1. The molecule has 9 heteroatoms. The smallest absolute Gasteiger partial charge is 0.446 e. The summed E-state index contributed by atoms with van der Waals surface area (Å²) < 4.78 is 40.8. The second-order valence-electron chi connectivity index (χ2n) is 5.37. The van der Waals surface area contributed by atoms with Gasteiger partial charge >= 0.3 is 10.4 Å². The maximum Gasteiger partial charge on any atom is 0.446 e. The van der Waals surface area contributed by atoms with Crippen molar-refractivity contribution in [2.45, 2.75) is 26.0 Å². The molecule has 1 heterocycles. The number of aromatic nitrogens is 1. The minimum Gasteiger partial charge on any atom is -0.486 e. The first-order valence-electron chi connectivity index (χ1n) is 7.07. The van der Waals surface area contributed by atoms with Crippen molar-refractivity contribution in [3.8, 4) is 11.5 Å². The summed E-state index contributed by atoms with van der Waals surface area (Å²) in [6.45, 7) is 4.17. The van der Waals surface area contributed by atoms with Gasteiger partial charge in [0.1, 0.15) is 12.7 Å². The first kappa shape index (κ1) is 17.5. The predicted octanol–water partition coefficient (Wildman–Crippen LogP) is 1.09. The zero-order valence-corrected chi connectivity index (χ0v) is 13.6. The van der Waals surface area contributed by atoms with Crippen LogP contribution in [-0.4, -0.2) is 48.4 Å². The Hall–Kier alpha value is -1.81. The third kappa shape index (κ3) is 5.10. The van der Waals surface area contributed by atoms with Gasteiger partial charge in [0.2, 0.25) is 0 Å². The van der Waals surface area contributed by atoms with Gasteiger partial charge in [-0.2, -0.15) is 8.42 Å². The highest BCUT2D eigenvalue weighted by atomic mass is 32.3. The summed E-state index contributed by atoms with van der Waals surface area (Å²) in [4.78, 5) is 2.96. The fraction of sp³-hybridized carbons (Fsp3) is 0.429. The number of benzene rings is 1. The van der Waals surface area contributed by atoms with Crippen molar-refractivity contribution in [3.05, 3.63) is 24.4 Å². The van der Waals surface area contributed by atoms with E-state index in [0.29, 0.717) is 17.4 Å². The molecule has 0 radical (unpaired) electrons. The third-order valence-electron chi connectivity index (χ3n) is 3.03. The highest BCUT2D eigenvalue weighted by Gasteiger charge is 2.18. The minimum absolute atomic E-state index is 0.0636. The largest absolute Gasteiger partial charge is 0.486 e. The molecular formula is C14H20N2O6S. The zero-order chi connectivity index (χ0) is 17.0. The fourth-order valence-corrected chi connectivity index (χ4v) is 2.38. The monoisotopic (exact) mass is 344 g/mol. The lowest BCUT2D eigenvalue weighted by Gasteiger charge is -2.17. The number of nitrogens with one attached hydrogen (secondary N) is 2. The number of H-pyrrole nitrogens is 1. The molecular weight excluding hydrogens is 324 g/mol. The second-order valence-corrected chi connectivity index (χ2v) is 6.39. The lowest BCUT2D eigenvalue weighted by Crippen LogP contribution is -2.35. The van der Waals surface area contributed by atoms with E-state index in [1.807, 2.05) is 13.8 Å². The van der Waals surface area contributed by atoms with Gasteiger partial charge in [-0.25, -0.2) is 0 Å². The van der Waals surface area contributed by atoms with E-state index in [2.05, 4.69) is 14.5 Å². The van der Waals surface area contributed by atoms with Gasteiger partial charge in [0.15, 0.2) is 11.5 Å². The molecule has 0 saturated heterocycles. The standard InChI is InChI=1S/C14H20N2O6S/c1-9(2)16-7-10(17)8-21-14-11-5-6-15-12(11)3-4-13(14)22-23(18,19)20/h3-6,9-10,15-17H,7-8H2,1-2H3,(H,18,19,20). The van der Waals surface area contributed by atoms with Crippen molar-refractivity contribution < 1.29 is 27.0 Å². The number of rotatable bonds is 8. The van der Waals surface area contributed by atoms with Crippen LogP contribution >= 0.6 is 0 Å². The molecule has 23 heavy (non-hydrogen) atoms. The summed E-state index contributed by atoms with van der Waals surface area (Å²) in [5, 5.41) is 13.5. The van der Waals surface area contributed by atoms with Crippen molar-refractivity contribution in [2.24, 2.45) is 0 Å². The van der Waals surface area contributed by atoms with Crippen molar-refractivity contribution >= 4 is 21.3 Å². The Morgan fingerprint density at radius 1 is 1.30 bits per heavy atom. The van der Waals surface area contributed by atoms with Crippen molar-refractivity contribution in [2.75, 3.05) is 13.2 Å². The van der Waals surface area contributed by atoms with Crippen LogP contribution in [0.2, 0.25) is 0 Å². The number of ether oxygens (including phenoxy) is 1. The Morgan fingerprint density at radius 3 is 2.70 bits per heavy atom. The molecule has 1 aromatic heterocycles. The van der Waals surface area contributed by atoms with Crippen LogP contribution in [0.5, 0.6) is 11.5 Å². The maximum absolute atomic E-state index is 11.0. The molecule has 4 N–H and O–H groups in total. The first-order chi connectivity index (χ1) is 10.8. The number of hydrogen-bond acceptors (Lipinski definition) is 6. The molecule has 0 bridgehead atoms. The van der Waals surface area contributed by atoms with E-state index in [1.165, 1.54) is 6.07 Å². The van der Waals surface area contributed by atoms with Gasteiger partial charge in [0.25, 0.3) is 0 Å². The first-order valence-corrected chi connectivity index (χ1v) is 8.44. The summed E-state index contributed by atoms with van der Waals surface area (Å²) in [6, 6.07) is 4.86. The quantitative estimate of drug-likeness (QED) is 0.529. The molecule has 1 aromatic carbocycles. The topological polar surface area (TPSA) is 121 Å². The lowest BCUT2D eigenvalue weighted by molar-refractivity contribution is 0.104. The molecule has 0 fully saturated rings. The molecule has 128 valence electrons. The molecule has 0 saturated carbocycles. The molecule has 0 aliphatic carbocycles. The highest BCUT2D eigenvalue weighted by Crippen LogP contribution is 2.36. The molecule has 0 aliphatic heterocycles. The lowest BCUT2D eigenvalue weighted by atomic mass is 10.2. The Kier molecular flexibility index (Phi) is 5.47. The molecule has 0 spiro atoms. The van der Waals surface area contributed by atoms with Crippen LogP contribution in [0.1, 0.15) is 13.8 Å².